The third-order valence-corrected chi connectivity index (χ3v) is 2.86. The maximum atomic E-state index is 13.5. The Balaban J connectivity index is 2.09. The Morgan fingerprint density at radius 3 is 2.89 bits per heavy atom. The Bertz CT molecular complexity index is 454. The van der Waals surface area contributed by atoms with E-state index in [0.717, 1.165) is 6.07 Å². The second kappa shape index (κ2) is 5.41. The smallest absolute Gasteiger partial charge is 0.248 e. The molecule has 1 atom stereocenters. The summed E-state index contributed by atoms with van der Waals surface area (Å²) in [5, 5.41) is 0. The molecule has 18 heavy (non-hydrogen) atoms. The molecule has 1 fully saturated rings. The van der Waals surface area contributed by atoms with E-state index in [2.05, 4.69) is 0 Å². The molecule has 1 saturated heterocycles. The van der Waals surface area contributed by atoms with Gasteiger partial charge in [-0.15, -0.1) is 0 Å². The van der Waals surface area contributed by atoms with Gasteiger partial charge in [0.2, 0.25) is 5.91 Å². The van der Waals surface area contributed by atoms with E-state index in [1.807, 2.05) is 0 Å². The minimum absolute atomic E-state index is 0.0509. The number of ether oxygens (including phenoxy) is 1. The lowest BCUT2D eigenvalue weighted by Crippen LogP contribution is -2.48. The molecule has 0 saturated carbocycles. The number of carbonyl (C=O) groups excluding carboxylic acids is 1. The van der Waals surface area contributed by atoms with Gasteiger partial charge in [-0.3, -0.25) is 4.79 Å². The van der Waals surface area contributed by atoms with E-state index in [4.69, 9.17) is 10.5 Å². The molecule has 1 aromatic carbocycles. The van der Waals surface area contributed by atoms with Gasteiger partial charge in [-0.25, -0.2) is 8.78 Å². The summed E-state index contributed by atoms with van der Waals surface area (Å²) >= 11 is 0. The highest BCUT2D eigenvalue weighted by atomic mass is 19.1. The highest BCUT2D eigenvalue weighted by Gasteiger charge is 2.26. The molecule has 0 radical (unpaired) electrons. The van der Waals surface area contributed by atoms with Crippen molar-refractivity contribution in [2.45, 2.75) is 12.6 Å². The summed E-state index contributed by atoms with van der Waals surface area (Å²) in [5.74, 6) is -1.51. The lowest BCUT2D eigenvalue weighted by atomic mass is 10.1. The number of nitrogens with zero attached hydrogens (tertiary/aromatic N) is 1. The number of hydrogen-bond donors (Lipinski definition) is 1. The van der Waals surface area contributed by atoms with Crippen molar-refractivity contribution in [3.63, 3.8) is 0 Å². The quantitative estimate of drug-likeness (QED) is 0.864. The van der Waals surface area contributed by atoms with Gasteiger partial charge >= 0.3 is 0 Å². The molecule has 2 N–H and O–H groups in total. The van der Waals surface area contributed by atoms with E-state index < -0.39 is 11.6 Å². The summed E-state index contributed by atoms with van der Waals surface area (Å²) in [6.45, 7) is 0.678. The van der Waals surface area contributed by atoms with E-state index in [0.29, 0.717) is 13.1 Å². The lowest BCUT2D eigenvalue weighted by molar-refractivity contribution is -0.149. The van der Waals surface area contributed by atoms with Gasteiger partial charge in [0.15, 0.2) is 0 Å². The maximum Gasteiger partial charge on any atom is 0.248 e. The molecule has 0 spiro atoms. The molecule has 0 aliphatic carbocycles. The number of amides is 1. The van der Waals surface area contributed by atoms with Crippen LogP contribution in [-0.2, 0) is 16.1 Å². The third-order valence-electron chi connectivity index (χ3n) is 2.86. The largest absolute Gasteiger partial charge is 0.365 e. The number of benzene rings is 1. The number of rotatable bonds is 3. The average Bonchev–Trinajstić information content (AvgIpc) is 2.35. The van der Waals surface area contributed by atoms with Crippen LogP contribution < -0.4 is 5.73 Å². The third kappa shape index (κ3) is 2.83. The average molecular weight is 256 g/mol. The molecule has 1 aliphatic rings. The second-order valence-corrected chi connectivity index (χ2v) is 4.18. The van der Waals surface area contributed by atoms with Gasteiger partial charge in [-0.2, -0.15) is 0 Å². The summed E-state index contributed by atoms with van der Waals surface area (Å²) < 4.78 is 31.4. The number of morpholine rings is 1. The van der Waals surface area contributed by atoms with Crippen LogP contribution in [-0.4, -0.2) is 36.6 Å². The van der Waals surface area contributed by atoms with Crippen LogP contribution in [0.15, 0.2) is 18.2 Å². The van der Waals surface area contributed by atoms with Gasteiger partial charge in [0, 0.05) is 31.3 Å². The minimum Gasteiger partial charge on any atom is -0.365 e. The predicted octanol–water partition coefficient (Wildman–Crippen LogP) is 0.651. The summed E-state index contributed by atoms with van der Waals surface area (Å²) in [6.07, 6.45) is -0.230. The first-order valence-corrected chi connectivity index (χ1v) is 5.63. The van der Waals surface area contributed by atoms with Crippen molar-refractivity contribution >= 4 is 5.91 Å². The molecule has 2 rings (SSSR count). The van der Waals surface area contributed by atoms with Crippen molar-refractivity contribution in [1.29, 1.82) is 0 Å². The monoisotopic (exact) mass is 256 g/mol. The van der Waals surface area contributed by atoms with Crippen LogP contribution in [0.3, 0.4) is 0 Å². The van der Waals surface area contributed by atoms with Gasteiger partial charge in [-0.05, 0) is 6.07 Å². The topological polar surface area (TPSA) is 55.6 Å². The molecule has 0 aromatic heterocycles. The Kier molecular flexibility index (Phi) is 3.88. The van der Waals surface area contributed by atoms with Crippen molar-refractivity contribution in [2.24, 2.45) is 5.73 Å². The van der Waals surface area contributed by atoms with Gasteiger partial charge < -0.3 is 15.4 Å². The van der Waals surface area contributed by atoms with Gasteiger partial charge in [0.1, 0.15) is 18.2 Å². The highest BCUT2D eigenvalue weighted by Crippen LogP contribution is 2.15. The molecule has 98 valence electrons. The van der Waals surface area contributed by atoms with Crippen LogP contribution in [0, 0.1) is 11.6 Å². The van der Waals surface area contributed by atoms with Crippen molar-refractivity contribution in [2.75, 3.05) is 19.7 Å². The first kappa shape index (κ1) is 12.9. The lowest BCUT2D eigenvalue weighted by Gasteiger charge is -2.32. The number of nitrogens with two attached hydrogens (primary N) is 1. The molecule has 0 bridgehead atoms. The van der Waals surface area contributed by atoms with Gasteiger partial charge in [0.25, 0.3) is 0 Å². The zero-order chi connectivity index (χ0) is 13.1. The normalized spacial score (nSPS) is 20.3. The second-order valence-electron chi connectivity index (χ2n) is 4.18. The van der Waals surface area contributed by atoms with Crippen LogP contribution in [0.2, 0.25) is 0 Å². The zero-order valence-corrected chi connectivity index (χ0v) is 9.73. The Morgan fingerprint density at radius 1 is 1.44 bits per heavy atom. The van der Waals surface area contributed by atoms with Crippen LogP contribution in [0.5, 0.6) is 0 Å². The molecular weight excluding hydrogens is 242 g/mol. The highest BCUT2D eigenvalue weighted by molar-refractivity contribution is 5.78. The molecule has 1 heterocycles. The fraction of sp³-hybridized carbons (Fsp3) is 0.417. The van der Waals surface area contributed by atoms with Crippen molar-refractivity contribution < 1.29 is 18.3 Å². The molecule has 1 aromatic rings. The standard InChI is InChI=1S/C12H14F2N2O2/c13-9-2-1-8(11(14)3-9)5-16-6-10(4-15)18-7-12(16)17/h1-3,10H,4-7,15H2. The van der Waals surface area contributed by atoms with Crippen molar-refractivity contribution in [1.82, 2.24) is 4.90 Å². The van der Waals surface area contributed by atoms with Crippen molar-refractivity contribution in [3.8, 4) is 0 Å². The predicted molar refractivity (Wildman–Crippen MR) is 60.6 cm³/mol. The number of halogens is 2. The summed E-state index contributed by atoms with van der Waals surface area (Å²) in [7, 11) is 0. The van der Waals surface area contributed by atoms with Gasteiger partial charge in [0.05, 0.1) is 6.10 Å². The van der Waals surface area contributed by atoms with Crippen LogP contribution in [0.4, 0.5) is 8.78 Å². The first-order chi connectivity index (χ1) is 8.60. The minimum atomic E-state index is -0.654. The fourth-order valence-electron chi connectivity index (χ4n) is 1.83. The Hall–Kier alpha value is -1.53. The molecule has 1 aliphatic heterocycles. The Morgan fingerprint density at radius 2 is 2.22 bits per heavy atom. The zero-order valence-electron chi connectivity index (χ0n) is 9.73. The Labute approximate surface area is 103 Å². The fourth-order valence-corrected chi connectivity index (χ4v) is 1.83. The molecule has 4 nitrogen and oxygen atoms in total. The molecule has 1 unspecified atom stereocenters. The van der Waals surface area contributed by atoms with Crippen LogP contribution in [0.25, 0.3) is 0 Å². The summed E-state index contributed by atoms with van der Waals surface area (Å²) in [5.41, 5.74) is 5.75. The molecular formula is C12H14F2N2O2. The molecule has 1 amide bonds. The first-order valence-electron chi connectivity index (χ1n) is 5.63. The van der Waals surface area contributed by atoms with E-state index in [1.54, 1.807) is 0 Å². The number of carbonyl (C=O) groups is 1. The number of hydrogen-bond acceptors (Lipinski definition) is 3. The van der Waals surface area contributed by atoms with E-state index in [1.165, 1.54) is 17.0 Å². The van der Waals surface area contributed by atoms with Crippen LogP contribution >= 0.6 is 0 Å². The summed E-state index contributed by atoms with van der Waals surface area (Å²) in [4.78, 5) is 13.1. The van der Waals surface area contributed by atoms with Crippen molar-refractivity contribution in [3.05, 3.63) is 35.4 Å². The van der Waals surface area contributed by atoms with E-state index >= 15 is 0 Å². The molecule has 6 heteroatoms. The SMILES string of the molecule is NCC1CN(Cc2ccc(F)cc2F)C(=O)CO1. The van der Waals surface area contributed by atoms with Gasteiger partial charge in [-0.1, -0.05) is 6.07 Å². The maximum absolute atomic E-state index is 13.5. The van der Waals surface area contributed by atoms with E-state index in [9.17, 15) is 13.6 Å². The van der Waals surface area contributed by atoms with E-state index in [-0.39, 0.29) is 30.7 Å². The van der Waals surface area contributed by atoms with Crippen LogP contribution in [0.1, 0.15) is 5.56 Å². The summed E-state index contributed by atoms with van der Waals surface area (Å²) in [6, 6.07) is 3.31.